The molecule has 0 saturated heterocycles. The minimum Gasteiger partial charge on any atom is -0.348 e. The van der Waals surface area contributed by atoms with E-state index in [1.54, 1.807) is 24.3 Å². The first-order valence-electron chi connectivity index (χ1n) is 8.45. The summed E-state index contributed by atoms with van der Waals surface area (Å²) in [6.45, 7) is 0.103. The summed E-state index contributed by atoms with van der Waals surface area (Å²) in [4.78, 5) is 12.4. The van der Waals surface area contributed by atoms with Crippen LogP contribution in [-0.2, 0) is 22.6 Å². The van der Waals surface area contributed by atoms with Gasteiger partial charge in [-0.15, -0.1) is 0 Å². The summed E-state index contributed by atoms with van der Waals surface area (Å²) in [7, 11) is -3.50. The first-order chi connectivity index (χ1) is 13.9. The van der Waals surface area contributed by atoms with Crippen molar-refractivity contribution >= 4 is 27.3 Å². The highest BCUT2D eigenvalue weighted by molar-refractivity contribution is 7.90. The maximum absolute atomic E-state index is 12.7. The molecule has 1 N–H and O–H groups in total. The Morgan fingerprint density at radius 2 is 1.80 bits per heavy atom. The van der Waals surface area contributed by atoms with E-state index >= 15 is 0 Å². The van der Waals surface area contributed by atoms with Gasteiger partial charge in [0.25, 0.3) is 5.91 Å². The van der Waals surface area contributed by atoms with Crippen LogP contribution in [0.4, 0.5) is 13.2 Å². The van der Waals surface area contributed by atoms with Crippen molar-refractivity contribution in [1.82, 2.24) is 15.1 Å². The number of nitrogens with zero attached hydrogens (tertiary/aromatic N) is 2. The van der Waals surface area contributed by atoms with E-state index in [9.17, 15) is 26.4 Å². The van der Waals surface area contributed by atoms with Crippen molar-refractivity contribution < 1.29 is 26.4 Å². The van der Waals surface area contributed by atoms with Crippen LogP contribution in [-0.4, -0.2) is 30.4 Å². The molecule has 2 aromatic carbocycles. The molecule has 3 rings (SSSR count). The Morgan fingerprint density at radius 1 is 1.13 bits per heavy atom. The summed E-state index contributed by atoms with van der Waals surface area (Å²) in [5.41, 5.74) is 0.120. The number of sulfone groups is 1. The van der Waals surface area contributed by atoms with Crippen LogP contribution in [0, 0.1) is 0 Å². The van der Waals surface area contributed by atoms with Crippen molar-refractivity contribution in [3.63, 3.8) is 0 Å². The van der Waals surface area contributed by atoms with Gasteiger partial charge in [-0.05, 0) is 42.0 Å². The normalized spacial score (nSPS) is 12.0. The second-order valence-corrected chi connectivity index (χ2v) is 8.83. The number of aromatic nitrogens is 2. The van der Waals surface area contributed by atoms with Crippen LogP contribution in [0.2, 0.25) is 5.02 Å². The molecule has 0 unspecified atom stereocenters. The number of carbonyl (C=O) groups is 1. The third kappa shape index (κ3) is 5.00. The highest BCUT2D eigenvalue weighted by Crippen LogP contribution is 2.28. The topological polar surface area (TPSA) is 81.1 Å². The molecule has 0 fully saturated rings. The van der Waals surface area contributed by atoms with Gasteiger partial charge in [0.2, 0.25) is 0 Å². The smallest absolute Gasteiger partial charge is 0.348 e. The molecule has 0 aliphatic heterocycles. The summed E-state index contributed by atoms with van der Waals surface area (Å²) in [6, 6.07) is 11.1. The van der Waals surface area contributed by atoms with Gasteiger partial charge in [0.05, 0.1) is 21.2 Å². The second-order valence-electron chi connectivity index (χ2n) is 6.41. The van der Waals surface area contributed by atoms with Gasteiger partial charge in [0.15, 0.2) is 15.5 Å². The lowest BCUT2D eigenvalue weighted by molar-refractivity contribution is -0.141. The molecular formula is C19H15ClF3N3O3S. The van der Waals surface area contributed by atoms with Crippen molar-refractivity contribution in [3.05, 3.63) is 76.6 Å². The van der Waals surface area contributed by atoms with Crippen molar-refractivity contribution in [3.8, 4) is 5.69 Å². The quantitative estimate of drug-likeness (QED) is 0.630. The fourth-order valence-corrected chi connectivity index (χ4v) is 3.42. The third-order valence-corrected chi connectivity index (χ3v) is 5.58. The third-order valence-electron chi connectivity index (χ3n) is 4.14. The van der Waals surface area contributed by atoms with Crippen LogP contribution in [0.3, 0.4) is 0 Å². The molecule has 30 heavy (non-hydrogen) atoms. The molecule has 0 aliphatic carbocycles. The maximum atomic E-state index is 12.7. The zero-order chi connectivity index (χ0) is 22.1. The van der Waals surface area contributed by atoms with Crippen LogP contribution in [0.15, 0.2) is 59.6 Å². The molecule has 6 nitrogen and oxygen atoms in total. The maximum Gasteiger partial charge on any atom is 0.435 e. The summed E-state index contributed by atoms with van der Waals surface area (Å²) in [5, 5.41) is 6.23. The number of hydrogen-bond donors (Lipinski definition) is 1. The van der Waals surface area contributed by atoms with E-state index in [0.717, 1.165) is 17.0 Å². The van der Waals surface area contributed by atoms with E-state index < -0.39 is 27.6 Å². The lowest BCUT2D eigenvalue weighted by atomic mass is 10.2. The number of carbonyl (C=O) groups excluding carboxylic acids is 1. The molecule has 3 aromatic rings. The number of amides is 1. The molecule has 0 atom stereocenters. The van der Waals surface area contributed by atoms with E-state index in [1.807, 2.05) is 0 Å². The summed E-state index contributed by atoms with van der Waals surface area (Å²) < 4.78 is 62.4. The average Bonchev–Trinajstić information content (AvgIpc) is 3.16. The van der Waals surface area contributed by atoms with Gasteiger partial charge in [0, 0.05) is 19.0 Å². The van der Waals surface area contributed by atoms with Crippen molar-refractivity contribution in [1.29, 1.82) is 0 Å². The summed E-state index contributed by atoms with van der Waals surface area (Å²) in [6.07, 6.45) is -2.29. The Labute approximate surface area is 175 Å². The van der Waals surface area contributed by atoms with E-state index in [0.29, 0.717) is 11.3 Å². The predicted molar refractivity (Wildman–Crippen MR) is 104 cm³/mol. The Kier molecular flexibility index (Phi) is 5.91. The highest BCUT2D eigenvalue weighted by atomic mass is 35.5. The average molecular weight is 458 g/mol. The van der Waals surface area contributed by atoms with Crippen LogP contribution >= 0.6 is 11.6 Å². The zero-order valence-electron chi connectivity index (χ0n) is 15.4. The standard InChI is InChI=1S/C19H15ClF3N3O3S/c1-30(28,29)14-6-7-16(20)15(10-14)18(27)24-11-12-2-4-13(5-3-12)26-9-8-17(25-26)19(21,22)23/h2-10H,11H2,1H3,(H,24,27). The van der Waals surface area contributed by atoms with E-state index in [2.05, 4.69) is 10.4 Å². The largest absolute Gasteiger partial charge is 0.435 e. The van der Waals surface area contributed by atoms with Gasteiger partial charge in [-0.3, -0.25) is 4.79 Å². The Morgan fingerprint density at radius 3 is 2.37 bits per heavy atom. The Balaban J connectivity index is 1.70. The van der Waals surface area contributed by atoms with Gasteiger partial charge in [-0.25, -0.2) is 13.1 Å². The number of benzene rings is 2. The first-order valence-corrected chi connectivity index (χ1v) is 10.7. The van der Waals surface area contributed by atoms with Gasteiger partial charge >= 0.3 is 6.18 Å². The first kappa shape index (κ1) is 21.8. The van der Waals surface area contributed by atoms with Crippen LogP contribution in [0.1, 0.15) is 21.6 Å². The zero-order valence-corrected chi connectivity index (χ0v) is 17.0. The lowest BCUT2D eigenvalue weighted by Gasteiger charge is -2.09. The van der Waals surface area contributed by atoms with Gasteiger partial charge < -0.3 is 5.32 Å². The van der Waals surface area contributed by atoms with Crippen molar-refractivity contribution in [2.75, 3.05) is 6.26 Å². The Hall–Kier alpha value is -2.85. The lowest BCUT2D eigenvalue weighted by Crippen LogP contribution is -2.23. The monoisotopic (exact) mass is 457 g/mol. The van der Waals surface area contributed by atoms with Crippen LogP contribution in [0.5, 0.6) is 0 Å². The molecular weight excluding hydrogens is 443 g/mol. The SMILES string of the molecule is CS(=O)(=O)c1ccc(Cl)c(C(=O)NCc2ccc(-n3ccc(C(F)(F)F)n3)cc2)c1. The molecule has 0 bridgehead atoms. The van der Waals surface area contributed by atoms with Gasteiger partial charge in [-0.1, -0.05) is 23.7 Å². The number of alkyl halides is 3. The molecule has 0 radical (unpaired) electrons. The Bertz CT molecular complexity index is 1190. The number of halogens is 4. The molecule has 0 aliphatic rings. The summed E-state index contributed by atoms with van der Waals surface area (Å²) in [5.74, 6) is -0.559. The highest BCUT2D eigenvalue weighted by Gasteiger charge is 2.33. The summed E-state index contributed by atoms with van der Waals surface area (Å²) >= 11 is 6.00. The van der Waals surface area contributed by atoms with E-state index in [-0.39, 0.29) is 22.0 Å². The molecule has 1 aromatic heterocycles. The molecule has 0 saturated carbocycles. The fourth-order valence-electron chi connectivity index (χ4n) is 2.57. The van der Waals surface area contributed by atoms with Crippen LogP contribution < -0.4 is 5.32 Å². The minimum atomic E-state index is -4.52. The van der Waals surface area contributed by atoms with Crippen LogP contribution in [0.25, 0.3) is 5.69 Å². The van der Waals surface area contributed by atoms with Crippen molar-refractivity contribution in [2.45, 2.75) is 17.6 Å². The molecule has 0 spiro atoms. The van der Waals surface area contributed by atoms with E-state index in [4.69, 9.17) is 11.6 Å². The van der Waals surface area contributed by atoms with E-state index in [1.165, 1.54) is 24.4 Å². The molecule has 158 valence electrons. The molecule has 1 heterocycles. The number of hydrogen-bond acceptors (Lipinski definition) is 4. The van der Waals surface area contributed by atoms with Crippen molar-refractivity contribution in [2.24, 2.45) is 0 Å². The predicted octanol–water partition coefficient (Wildman–Crippen LogP) is 3.88. The number of rotatable bonds is 5. The molecule has 1 amide bonds. The van der Waals surface area contributed by atoms with Gasteiger partial charge in [0.1, 0.15) is 0 Å². The van der Waals surface area contributed by atoms with Gasteiger partial charge in [-0.2, -0.15) is 18.3 Å². The fraction of sp³-hybridized carbons (Fsp3) is 0.158. The molecule has 11 heteroatoms. The minimum absolute atomic E-state index is 0.0208. The second kappa shape index (κ2) is 8.11. The number of nitrogens with one attached hydrogen (secondary N) is 1.